The number of halogens is 1. The number of hydrogen-bond donors (Lipinski definition) is 1. The molecule has 0 aliphatic carbocycles. The lowest BCUT2D eigenvalue weighted by atomic mass is 10.1. The predicted octanol–water partition coefficient (Wildman–Crippen LogP) is 3.14. The highest BCUT2D eigenvalue weighted by molar-refractivity contribution is 6.09. The lowest BCUT2D eigenvalue weighted by Crippen LogP contribution is -2.27. The van der Waals surface area contributed by atoms with Crippen molar-refractivity contribution in [3.05, 3.63) is 59.9 Å². The molecule has 98 valence electrons. The molecule has 19 heavy (non-hydrogen) atoms. The molecule has 0 aliphatic rings. The van der Waals surface area contributed by atoms with Gasteiger partial charge < -0.3 is 10.2 Å². The second-order valence-corrected chi connectivity index (χ2v) is 4.11. The lowest BCUT2D eigenvalue weighted by Gasteiger charge is -2.19. The van der Waals surface area contributed by atoms with Crippen LogP contribution >= 0.6 is 0 Å². The first-order valence-corrected chi connectivity index (χ1v) is 5.94. The van der Waals surface area contributed by atoms with Gasteiger partial charge in [-0.2, -0.15) is 0 Å². The number of carbonyl (C=O) groups is 1. The minimum Gasteiger partial charge on any atom is -0.385 e. The summed E-state index contributed by atoms with van der Waals surface area (Å²) in [6, 6.07) is 13.7. The third kappa shape index (κ3) is 2.57. The van der Waals surface area contributed by atoms with Crippen molar-refractivity contribution in [3.8, 4) is 0 Å². The minimum absolute atomic E-state index is 0.218. The number of rotatable bonds is 3. The maximum absolute atomic E-state index is 13.6. The van der Waals surface area contributed by atoms with Crippen LogP contribution in [-0.4, -0.2) is 20.0 Å². The molecule has 0 saturated carbocycles. The topological polar surface area (TPSA) is 32.3 Å². The molecule has 4 heteroatoms. The highest BCUT2D eigenvalue weighted by atomic mass is 19.1. The van der Waals surface area contributed by atoms with Crippen molar-refractivity contribution in [3.63, 3.8) is 0 Å². The fourth-order valence-electron chi connectivity index (χ4n) is 1.91. The number of para-hydroxylation sites is 2. The third-order valence-corrected chi connectivity index (χ3v) is 2.94. The molecule has 0 fully saturated rings. The zero-order valence-electron chi connectivity index (χ0n) is 10.9. The van der Waals surface area contributed by atoms with Gasteiger partial charge in [-0.25, -0.2) is 4.39 Å². The largest absolute Gasteiger partial charge is 0.385 e. The molecule has 1 N–H and O–H groups in total. The Morgan fingerprint density at radius 3 is 2.42 bits per heavy atom. The van der Waals surface area contributed by atoms with Crippen LogP contribution in [0.3, 0.4) is 0 Å². The molecule has 0 atom stereocenters. The van der Waals surface area contributed by atoms with Crippen LogP contribution in [0.25, 0.3) is 0 Å². The number of carbonyl (C=O) groups excluding carboxylic acids is 1. The van der Waals surface area contributed by atoms with Gasteiger partial charge in [0.05, 0.1) is 11.3 Å². The molecule has 0 saturated heterocycles. The van der Waals surface area contributed by atoms with E-state index in [9.17, 15) is 9.18 Å². The first kappa shape index (κ1) is 13.1. The summed E-state index contributed by atoms with van der Waals surface area (Å²) in [6.07, 6.45) is 0. The molecule has 2 rings (SSSR count). The summed E-state index contributed by atoms with van der Waals surface area (Å²) in [6.45, 7) is 0. The molecule has 0 bridgehead atoms. The average molecular weight is 258 g/mol. The summed E-state index contributed by atoms with van der Waals surface area (Å²) in [4.78, 5) is 13.9. The van der Waals surface area contributed by atoms with Gasteiger partial charge in [0, 0.05) is 19.8 Å². The zero-order chi connectivity index (χ0) is 13.8. The van der Waals surface area contributed by atoms with Crippen LogP contribution in [0, 0.1) is 5.82 Å². The Bertz CT molecular complexity index is 584. The Labute approximate surface area is 111 Å². The van der Waals surface area contributed by atoms with Crippen molar-refractivity contribution in [1.29, 1.82) is 0 Å². The van der Waals surface area contributed by atoms with E-state index in [1.165, 1.54) is 17.0 Å². The number of hydrogen-bond acceptors (Lipinski definition) is 2. The Kier molecular flexibility index (Phi) is 3.80. The highest BCUT2D eigenvalue weighted by Gasteiger charge is 2.18. The average Bonchev–Trinajstić information content (AvgIpc) is 2.46. The van der Waals surface area contributed by atoms with Crippen LogP contribution in [0.15, 0.2) is 48.5 Å². The monoisotopic (exact) mass is 258 g/mol. The molecule has 0 spiro atoms. The minimum atomic E-state index is -0.435. The van der Waals surface area contributed by atoms with Crippen LogP contribution in [0.4, 0.5) is 15.8 Å². The van der Waals surface area contributed by atoms with E-state index >= 15 is 0 Å². The summed E-state index contributed by atoms with van der Waals surface area (Å²) in [7, 11) is 3.26. The fraction of sp³-hybridized carbons (Fsp3) is 0.133. The van der Waals surface area contributed by atoms with Crippen LogP contribution < -0.4 is 10.2 Å². The molecule has 0 radical (unpaired) electrons. The van der Waals surface area contributed by atoms with Gasteiger partial charge in [-0.3, -0.25) is 4.79 Å². The van der Waals surface area contributed by atoms with Crippen LogP contribution in [0.2, 0.25) is 0 Å². The van der Waals surface area contributed by atoms with Crippen LogP contribution in [0.1, 0.15) is 10.4 Å². The van der Waals surface area contributed by atoms with Crippen molar-refractivity contribution < 1.29 is 9.18 Å². The van der Waals surface area contributed by atoms with Crippen molar-refractivity contribution in [1.82, 2.24) is 0 Å². The standard InChI is InChI=1S/C15H15FN2O/c1-17-14-12(9-6-10-13(14)16)15(19)18(2)11-7-4-3-5-8-11/h3-10,17H,1-2H3. The van der Waals surface area contributed by atoms with E-state index in [-0.39, 0.29) is 11.6 Å². The van der Waals surface area contributed by atoms with Gasteiger partial charge in [-0.05, 0) is 24.3 Å². The molecule has 1 amide bonds. The van der Waals surface area contributed by atoms with Crippen molar-refractivity contribution >= 4 is 17.3 Å². The van der Waals surface area contributed by atoms with Crippen LogP contribution in [0.5, 0.6) is 0 Å². The summed E-state index contributed by atoms with van der Waals surface area (Å²) >= 11 is 0. The maximum Gasteiger partial charge on any atom is 0.260 e. The van der Waals surface area contributed by atoms with E-state index in [4.69, 9.17) is 0 Å². The van der Waals surface area contributed by atoms with Gasteiger partial charge in [0.1, 0.15) is 5.82 Å². The summed E-state index contributed by atoms with van der Waals surface area (Å²) < 4.78 is 13.6. The van der Waals surface area contributed by atoms with E-state index in [1.54, 1.807) is 20.2 Å². The third-order valence-electron chi connectivity index (χ3n) is 2.94. The predicted molar refractivity (Wildman–Crippen MR) is 75.1 cm³/mol. The first-order valence-electron chi connectivity index (χ1n) is 5.94. The smallest absolute Gasteiger partial charge is 0.260 e. The van der Waals surface area contributed by atoms with Gasteiger partial charge in [0.25, 0.3) is 5.91 Å². The number of amides is 1. The van der Waals surface area contributed by atoms with Gasteiger partial charge in [0.2, 0.25) is 0 Å². The van der Waals surface area contributed by atoms with Crippen molar-refractivity contribution in [2.24, 2.45) is 0 Å². The van der Waals surface area contributed by atoms with Crippen molar-refractivity contribution in [2.45, 2.75) is 0 Å². The molecular formula is C15H15FN2O. The molecule has 0 aromatic heterocycles. The van der Waals surface area contributed by atoms with E-state index in [0.29, 0.717) is 5.56 Å². The number of benzene rings is 2. The molecule has 2 aromatic rings. The van der Waals surface area contributed by atoms with Gasteiger partial charge >= 0.3 is 0 Å². The highest BCUT2D eigenvalue weighted by Crippen LogP contribution is 2.22. The Morgan fingerprint density at radius 2 is 1.79 bits per heavy atom. The van der Waals surface area contributed by atoms with E-state index < -0.39 is 5.82 Å². The second kappa shape index (κ2) is 5.52. The summed E-state index contributed by atoms with van der Waals surface area (Å²) in [5.41, 5.74) is 1.29. The summed E-state index contributed by atoms with van der Waals surface area (Å²) in [5, 5.41) is 2.73. The quantitative estimate of drug-likeness (QED) is 0.917. The van der Waals surface area contributed by atoms with Gasteiger partial charge in [-0.15, -0.1) is 0 Å². The Morgan fingerprint density at radius 1 is 1.11 bits per heavy atom. The fourth-order valence-corrected chi connectivity index (χ4v) is 1.91. The SMILES string of the molecule is CNc1c(F)cccc1C(=O)N(C)c1ccccc1. The molecule has 0 aliphatic heterocycles. The molecule has 2 aromatic carbocycles. The number of anilines is 2. The number of nitrogens with one attached hydrogen (secondary N) is 1. The Hall–Kier alpha value is -2.36. The lowest BCUT2D eigenvalue weighted by molar-refractivity contribution is 0.0993. The molecular weight excluding hydrogens is 243 g/mol. The van der Waals surface area contributed by atoms with Gasteiger partial charge in [0.15, 0.2) is 0 Å². The van der Waals surface area contributed by atoms with Crippen molar-refractivity contribution in [2.75, 3.05) is 24.3 Å². The molecule has 0 unspecified atom stereocenters. The maximum atomic E-state index is 13.6. The number of nitrogens with zero attached hydrogens (tertiary/aromatic N) is 1. The zero-order valence-corrected chi connectivity index (χ0v) is 10.9. The normalized spacial score (nSPS) is 10.1. The summed E-state index contributed by atoms with van der Waals surface area (Å²) in [5.74, 6) is -0.690. The van der Waals surface area contributed by atoms with Gasteiger partial charge in [-0.1, -0.05) is 24.3 Å². The molecule has 0 heterocycles. The first-order chi connectivity index (χ1) is 9.15. The Balaban J connectivity index is 2.37. The van der Waals surface area contributed by atoms with E-state index in [2.05, 4.69) is 5.32 Å². The van der Waals surface area contributed by atoms with E-state index in [0.717, 1.165) is 5.69 Å². The molecule has 3 nitrogen and oxygen atoms in total. The van der Waals surface area contributed by atoms with E-state index in [1.807, 2.05) is 30.3 Å². The second-order valence-electron chi connectivity index (χ2n) is 4.11. The van der Waals surface area contributed by atoms with Crippen LogP contribution in [-0.2, 0) is 0 Å².